The van der Waals surface area contributed by atoms with Gasteiger partial charge in [0, 0.05) is 6.54 Å². The van der Waals surface area contributed by atoms with Crippen LogP contribution in [0.1, 0.15) is 54.4 Å². The van der Waals surface area contributed by atoms with Crippen molar-refractivity contribution in [3.05, 3.63) is 0 Å². The molecule has 0 radical (unpaired) electrons. The SMILES string of the molecule is COC(=O)C1(NC(=O)OC(C)(C)C)CC1CCNC(=O)OC(C)(C)C. The van der Waals surface area contributed by atoms with Gasteiger partial charge in [0.25, 0.3) is 0 Å². The fourth-order valence-corrected chi connectivity index (χ4v) is 2.46. The number of alkyl carbamates (subject to hydrolysis) is 2. The van der Waals surface area contributed by atoms with Crippen LogP contribution >= 0.6 is 0 Å². The molecule has 1 fully saturated rings. The molecule has 0 aromatic heterocycles. The molecule has 25 heavy (non-hydrogen) atoms. The van der Waals surface area contributed by atoms with Gasteiger partial charge in [-0.1, -0.05) is 0 Å². The van der Waals surface area contributed by atoms with E-state index in [9.17, 15) is 14.4 Å². The lowest BCUT2D eigenvalue weighted by Gasteiger charge is -2.23. The van der Waals surface area contributed by atoms with Crippen molar-refractivity contribution >= 4 is 18.2 Å². The van der Waals surface area contributed by atoms with Crippen LogP contribution in [-0.4, -0.2) is 48.6 Å². The number of nitrogens with one attached hydrogen (secondary N) is 2. The zero-order chi connectivity index (χ0) is 19.5. The van der Waals surface area contributed by atoms with E-state index in [-0.39, 0.29) is 5.92 Å². The Kier molecular flexibility index (Phi) is 6.31. The molecule has 8 heteroatoms. The van der Waals surface area contributed by atoms with Gasteiger partial charge in [0.2, 0.25) is 0 Å². The first-order chi connectivity index (χ1) is 11.3. The van der Waals surface area contributed by atoms with Crippen LogP contribution < -0.4 is 10.6 Å². The van der Waals surface area contributed by atoms with Crippen LogP contribution in [0.25, 0.3) is 0 Å². The summed E-state index contributed by atoms with van der Waals surface area (Å²) < 4.78 is 15.2. The van der Waals surface area contributed by atoms with Gasteiger partial charge in [-0.2, -0.15) is 0 Å². The van der Waals surface area contributed by atoms with E-state index in [2.05, 4.69) is 10.6 Å². The minimum Gasteiger partial charge on any atom is -0.467 e. The molecule has 1 rings (SSSR count). The summed E-state index contributed by atoms with van der Waals surface area (Å²) in [5, 5.41) is 5.26. The number of carbonyl (C=O) groups excluding carboxylic acids is 3. The summed E-state index contributed by atoms with van der Waals surface area (Å²) in [6.45, 7) is 10.9. The lowest BCUT2D eigenvalue weighted by Crippen LogP contribution is -2.47. The van der Waals surface area contributed by atoms with Gasteiger partial charge in [-0.15, -0.1) is 0 Å². The maximum atomic E-state index is 12.1. The van der Waals surface area contributed by atoms with E-state index in [0.717, 1.165) is 0 Å². The lowest BCUT2D eigenvalue weighted by atomic mass is 10.1. The third-order valence-corrected chi connectivity index (χ3v) is 3.54. The zero-order valence-electron chi connectivity index (χ0n) is 16.1. The largest absolute Gasteiger partial charge is 0.467 e. The van der Waals surface area contributed by atoms with Gasteiger partial charge in [-0.3, -0.25) is 0 Å². The number of carbonyl (C=O) groups is 3. The smallest absolute Gasteiger partial charge is 0.408 e. The van der Waals surface area contributed by atoms with Gasteiger partial charge >= 0.3 is 18.2 Å². The fraction of sp³-hybridized carbons (Fsp3) is 0.824. The molecule has 0 saturated heterocycles. The van der Waals surface area contributed by atoms with E-state index in [4.69, 9.17) is 14.2 Å². The first-order valence-electron chi connectivity index (χ1n) is 8.35. The molecule has 0 heterocycles. The Labute approximate surface area is 148 Å². The Hall–Kier alpha value is -1.99. The van der Waals surface area contributed by atoms with Crippen LogP contribution in [0.15, 0.2) is 0 Å². The van der Waals surface area contributed by atoms with Crippen molar-refractivity contribution in [3.63, 3.8) is 0 Å². The van der Waals surface area contributed by atoms with Crippen LogP contribution in [0.2, 0.25) is 0 Å². The Morgan fingerprint density at radius 3 is 2.00 bits per heavy atom. The molecule has 0 aromatic rings. The van der Waals surface area contributed by atoms with E-state index in [1.165, 1.54) is 7.11 Å². The first kappa shape index (κ1) is 21.1. The summed E-state index contributed by atoms with van der Waals surface area (Å²) in [4.78, 5) is 35.7. The van der Waals surface area contributed by atoms with Crippen molar-refractivity contribution in [2.24, 2.45) is 5.92 Å². The highest BCUT2D eigenvalue weighted by Gasteiger charge is 2.62. The molecule has 8 nitrogen and oxygen atoms in total. The van der Waals surface area contributed by atoms with E-state index in [0.29, 0.717) is 19.4 Å². The third-order valence-electron chi connectivity index (χ3n) is 3.54. The van der Waals surface area contributed by atoms with Crippen molar-refractivity contribution in [2.45, 2.75) is 71.1 Å². The Morgan fingerprint density at radius 1 is 1.00 bits per heavy atom. The van der Waals surface area contributed by atoms with Crippen molar-refractivity contribution in [3.8, 4) is 0 Å². The van der Waals surface area contributed by atoms with Gasteiger partial charge in [0.1, 0.15) is 16.7 Å². The second kappa shape index (κ2) is 7.49. The molecule has 1 aliphatic rings. The van der Waals surface area contributed by atoms with Gasteiger partial charge in [-0.25, -0.2) is 14.4 Å². The van der Waals surface area contributed by atoms with Crippen molar-refractivity contribution < 1.29 is 28.6 Å². The Morgan fingerprint density at radius 2 is 1.52 bits per heavy atom. The first-order valence-corrected chi connectivity index (χ1v) is 8.35. The number of esters is 1. The molecule has 0 aromatic carbocycles. The van der Waals surface area contributed by atoms with Gasteiger partial charge in [0.15, 0.2) is 0 Å². The standard InChI is InChI=1S/C17H30N2O6/c1-15(2,3)24-13(21)18-9-8-11-10-17(11,12(20)23-7)19-14(22)25-16(4,5)6/h11H,8-10H2,1-7H3,(H,18,21)(H,19,22). The van der Waals surface area contributed by atoms with E-state index >= 15 is 0 Å². The molecule has 2 amide bonds. The van der Waals surface area contributed by atoms with Crippen molar-refractivity contribution in [2.75, 3.05) is 13.7 Å². The van der Waals surface area contributed by atoms with Crippen LogP contribution in [-0.2, 0) is 19.0 Å². The number of rotatable bonds is 5. The van der Waals surface area contributed by atoms with Crippen LogP contribution in [0.4, 0.5) is 9.59 Å². The summed E-state index contributed by atoms with van der Waals surface area (Å²) in [5.41, 5.74) is -2.32. The second-order valence-electron chi connectivity index (χ2n) is 8.21. The maximum Gasteiger partial charge on any atom is 0.408 e. The van der Waals surface area contributed by atoms with Crippen LogP contribution in [0.3, 0.4) is 0 Å². The summed E-state index contributed by atoms with van der Waals surface area (Å²) in [7, 11) is 1.27. The molecule has 0 spiro atoms. The summed E-state index contributed by atoms with van der Waals surface area (Å²) in [6, 6.07) is 0. The topological polar surface area (TPSA) is 103 Å². The van der Waals surface area contributed by atoms with Gasteiger partial charge in [-0.05, 0) is 60.3 Å². The molecule has 0 aliphatic heterocycles. The molecular formula is C17H30N2O6. The molecule has 2 unspecified atom stereocenters. The number of methoxy groups -OCH3 is 1. The van der Waals surface area contributed by atoms with E-state index < -0.39 is 34.9 Å². The summed E-state index contributed by atoms with van der Waals surface area (Å²) in [5.74, 6) is -0.650. The maximum absolute atomic E-state index is 12.1. The highest BCUT2D eigenvalue weighted by Crippen LogP contribution is 2.46. The van der Waals surface area contributed by atoms with Crippen LogP contribution in [0, 0.1) is 5.92 Å². The van der Waals surface area contributed by atoms with Crippen LogP contribution in [0.5, 0.6) is 0 Å². The highest BCUT2D eigenvalue weighted by atomic mass is 16.6. The van der Waals surface area contributed by atoms with Gasteiger partial charge in [0.05, 0.1) is 7.11 Å². The lowest BCUT2D eigenvalue weighted by molar-refractivity contribution is -0.144. The average molecular weight is 358 g/mol. The predicted molar refractivity (Wildman–Crippen MR) is 91.1 cm³/mol. The normalized spacial score (nSPS) is 22.6. The number of hydrogen-bond acceptors (Lipinski definition) is 6. The fourth-order valence-electron chi connectivity index (χ4n) is 2.46. The molecule has 2 atom stereocenters. The quantitative estimate of drug-likeness (QED) is 0.578. The second-order valence-corrected chi connectivity index (χ2v) is 8.21. The number of hydrogen-bond donors (Lipinski definition) is 2. The minimum absolute atomic E-state index is 0.137. The highest BCUT2D eigenvalue weighted by molar-refractivity contribution is 5.89. The minimum atomic E-state index is -1.09. The summed E-state index contributed by atoms with van der Waals surface area (Å²) >= 11 is 0. The monoisotopic (exact) mass is 358 g/mol. The van der Waals surface area contributed by atoms with Crippen molar-refractivity contribution in [1.29, 1.82) is 0 Å². The predicted octanol–water partition coefficient (Wildman–Crippen LogP) is 2.36. The molecule has 1 saturated carbocycles. The number of amides is 2. The summed E-state index contributed by atoms with van der Waals surface area (Å²) in [6.07, 6.45) is -0.239. The van der Waals surface area contributed by atoms with E-state index in [1.807, 2.05) is 0 Å². The Bertz CT molecular complexity index is 520. The third kappa shape index (κ3) is 6.80. The molecule has 0 bridgehead atoms. The van der Waals surface area contributed by atoms with E-state index in [1.54, 1.807) is 41.5 Å². The molecule has 2 N–H and O–H groups in total. The molecule has 1 aliphatic carbocycles. The Balaban J connectivity index is 2.54. The van der Waals surface area contributed by atoms with Crippen molar-refractivity contribution in [1.82, 2.24) is 10.6 Å². The molecular weight excluding hydrogens is 328 g/mol. The number of ether oxygens (including phenoxy) is 3. The van der Waals surface area contributed by atoms with Gasteiger partial charge < -0.3 is 24.8 Å². The average Bonchev–Trinajstić information content (AvgIpc) is 3.07. The zero-order valence-corrected chi connectivity index (χ0v) is 16.1. The molecule has 144 valence electrons.